The van der Waals surface area contributed by atoms with Crippen LogP contribution in [0.2, 0.25) is 0 Å². The van der Waals surface area contributed by atoms with Crippen molar-refractivity contribution >= 4 is 11.9 Å². The fourth-order valence-electron chi connectivity index (χ4n) is 3.40. The highest BCUT2D eigenvalue weighted by Gasteiger charge is 2.34. The number of hydrogen-bond donors (Lipinski definition) is 1. The van der Waals surface area contributed by atoms with Gasteiger partial charge < -0.3 is 10.1 Å². The van der Waals surface area contributed by atoms with E-state index in [-0.39, 0.29) is 12.0 Å². The van der Waals surface area contributed by atoms with Gasteiger partial charge in [-0.1, -0.05) is 60.2 Å². The summed E-state index contributed by atoms with van der Waals surface area (Å²) >= 11 is 0. The molecular weight excluding hydrogens is 352 g/mol. The number of anilines is 1. The average molecular weight is 374 g/mol. The van der Waals surface area contributed by atoms with Gasteiger partial charge in [-0.2, -0.15) is 10.1 Å². The molecule has 142 valence electrons. The van der Waals surface area contributed by atoms with Crippen LogP contribution in [0.25, 0.3) is 0 Å². The summed E-state index contributed by atoms with van der Waals surface area (Å²) < 4.78 is 7.35. The van der Waals surface area contributed by atoms with E-state index >= 15 is 0 Å². The van der Waals surface area contributed by atoms with Crippen molar-refractivity contribution in [1.29, 1.82) is 0 Å². The fraction of sp³-hybridized carbons (Fsp3) is 0.227. The minimum Gasteiger partial charge on any atom is -0.462 e. The van der Waals surface area contributed by atoms with E-state index in [0.29, 0.717) is 24.5 Å². The third kappa shape index (κ3) is 3.53. The van der Waals surface area contributed by atoms with Crippen LogP contribution in [0.3, 0.4) is 0 Å². The van der Waals surface area contributed by atoms with Crippen LogP contribution in [0.1, 0.15) is 29.7 Å². The van der Waals surface area contributed by atoms with Crippen LogP contribution in [0.5, 0.6) is 0 Å². The van der Waals surface area contributed by atoms with Gasteiger partial charge in [0.1, 0.15) is 12.4 Å². The molecule has 0 aliphatic carbocycles. The van der Waals surface area contributed by atoms with Gasteiger partial charge in [-0.15, -0.1) is 0 Å². The molecule has 4 rings (SSSR count). The Balaban J connectivity index is 1.59. The quantitative estimate of drug-likeness (QED) is 0.690. The normalized spacial score (nSPS) is 15.7. The second-order valence-electron chi connectivity index (χ2n) is 6.88. The first kappa shape index (κ1) is 18.0. The van der Waals surface area contributed by atoms with Crippen molar-refractivity contribution in [2.45, 2.75) is 26.3 Å². The molecule has 0 saturated heterocycles. The van der Waals surface area contributed by atoms with Crippen molar-refractivity contribution in [2.24, 2.45) is 0 Å². The highest BCUT2D eigenvalue weighted by atomic mass is 16.5. The van der Waals surface area contributed by atoms with E-state index in [0.717, 1.165) is 22.4 Å². The number of nitrogens with one attached hydrogen (secondary N) is 1. The molecular formula is C22H22N4O2. The van der Waals surface area contributed by atoms with Gasteiger partial charge in [0.25, 0.3) is 0 Å². The first-order chi connectivity index (χ1) is 13.6. The van der Waals surface area contributed by atoms with Crippen molar-refractivity contribution in [1.82, 2.24) is 14.8 Å². The van der Waals surface area contributed by atoms with Gasteiger partial charge in [0.15, 0.2) is 0 Å². The zero-order valence-electron chi connectivity index (χ0n) is 15.9. The smallest absolute Gasteiger partial charge is 0.338 e. The van der Waals surface area contributed by atoms with Gasteiger partial charge in [0, 0.05) is 12.1 Å². The Morgan fingerprint density at radius 2 is 1.86 bits per heavy atom. The lowest BCUT2D eigenvalue weighted by atomic mass is 9.95. The maximum absolute atomic E-state index is 13.0. The van der Waals surface area contributed by atoms with Crippen LogP contribution in [-0.2, 0) is 16.0 Å². The van der Waals surface area contributed by atoms with Crippen LogP contribution < -0.4 is 5.32 Å². The summed E-state index contributed by atoms with van der Waals surface area (Å²) in [6.07, 6.45) is 2.16. The van der Waals surface area contributed by atoms with E-state index in [4.69, 9.17) is 4.74 Å². The highest BCUT2D eigenvalue weighted by Crippen LogP contribution is 2.35. The number of aromatic nitrogens is 3. The summed E-state index contributed by atoms with van der Waals surface area (Å²) in [4.78, 5) is 17.3. The Hall–Kier alpha value is -3.41. The van der Waals surface area contributed by atoms with Gasteiger partial charge >= 0.3 is 5.97 Å². The van der Waals surface area contributed by atoms with Gasteiger partial charge in [-0.25, -0.2) is 9.48 Å². The molecule has 0 radical (unpaired) electrons. The minimum absolute atomic E-state index is 0.324. The third-order valence-electron chi connectivity index (χ3n) is 4.87. The molecule has 2 heterocycles. The summed E-state index contributed by atoms with van der Waals surface area (Å²) in [5, 5.41) is 7.49. The summed E-state index contributed by atoms with van der Waals surface area (Å²) in [7, 11) is 0. The Morgan fingerprint density at radius 1 is 1.11 bits per heavy atom. The largest absolute Gasteiger partial charge is 0.462 e. The van der Waals surface area contributed by atoms with Crippen LogP contribution in [0, 0.1) is 6.92 Å². The molecule has 28 heavy (non-hydrogen) atoms. The molecule has 1 aliphatic rings. The van der Waals surface area contributed by atoms with Crippen molar-refractivity contribution < 1.29 is 9.53 Å². The highest BCUT2D eigenvalue weighted by molar-refractivity contribution is 5.92. The maximum atomic E-state index is 13.0. The molecule has 0 fully saturated rings. The van der Waals surface area contributed by atoms with E-state index in [2.05, 4.69) is 15.4 Å². The first-order valence-corrected chi connectivity index (χ1v) is 9.28. The van der Waals surface area contributed by atoms with E-state index in [1.165, 1.54) is 6.33 Å². The number of allylic oxidation sites excluding steroid dienone is 1. The third-order valence-corrected chi connectivity index (χ3v) is 4.87. The summed E-state index contributed by atoms with van der Waals surface area (Å²) in [6, 6.07) is 17.7. The van der Waals surface area contributed by atoms with E-state index in [1.807, 2.05) is 68.4 Å². The number of benzene rings is 2. The van der Waals surface area contributed by atoms with Crippen molar-refractivity contribution in [3.05, 3.63) is 88.9 Å². The Bertz CT molecular complexity index is 1010. The van der Waals surface area contributed by atoms with Gasteiger partial charge in [-0.3, -0.25) is 0 Å². The molecule has 0 spiro atoms. The molecule has 2 aromatic carbocycles. The number of hydrogen-bond acceptors (Lipinski definition) is 5. The second kappa shape index (κ2) is 7.68. The lowest BCUT2D eigenvalue weighted by Gasteiger charge is -2.28. The SMILES string of the molecule is CC1=C(C(=O)OCCc2ccccc2)C(c2ccc(C)cc2)n2ncnc2N1. The van der Waals surface area contributed by atoms with E-state index in [9.17, 15) is 4.79 Å². The molecule has 1 aromatic heterocycles. The lowest BCUT2D eigenvalue weighted by molar-refractivity contribution is -0.139. The molecule has 1 N–H and O–H groups in total. The maximum Gasteiger partial charge on any atom is 0.338 e. The molecule has 1 unspecified atom stereocenters. The Labute approximate surface area is 163 Å². The minimum atomic E-state index is -0.372. The van der Waals surface area contributed by atoms with Crippen LogP contribution >= 0.6 is 0 Å². The molecule has 1 atom stereocenters. The van der Waals surface area contributed by atoms with Crippen LogP contribution in [-0.4, -0.2) is 27.3 Å². The number of esters is 1. The fourth-order valence-corrected chi connectivity index (χ4v) is 3.40. The summed E-state index contributed by atoms with van der Waals surface area (Å²) in [6.45, 7) is 4.23. The van der Waals surface area contributed by atoms with Crippen LogP contribution in [0.4, 0.5) is 5.95 Å². The number of aryl methyl sites for hydroxylation is 1. The van der Waals surface area contributed by atoms with Gasteiger partial charge in [0.2, 0.25) is 5.95 Å². The average Bonchev–Trinajstić information content (AvgIpc) is 3.16. The van der Waals surface area contributed by atoms with E-state index in [1.54, 1.807) is 4.68 Å². The van der Waals surface area contributed by atoms with Crippen molar-refractivity contribution in [3.63, 3.8) is 0 Å². The van der Waals surface area contributed by atoms with E-state index < -0.39 is 0 Å². The molecule has 3 aromatic rings. The Kier molecular flexibility index (Phi) is 4.93. The van der Waals surface area contributed by atoms with Crippen molar-refractivity contribution in [2.75, 3.05) is 11.9 Å². The topological polar surface area (TPSA) is 69.0 Å². The number of ether oxygens (including phenoxy) is 1. The lowest BCUT2D eigenvalue weighted by Crippen LogP contribution is -2.30. The van der Waals surface area contributed by atoms with Gasteiger partial charge in [-0.05, 0) is 25.0 Å². The summed E-state index contributed by atoms with van der Waals surface area (Å²) in [5.41, 5.74) is 4.54. The monoisotopic (exact) mass is 374 g/mol. The molecule has 0 bridgehead atoms. The van der Waals surface area contributed by atoms with Crippen LogP contribution in [0.15, 0.2) is 72.2 Å². The summed E-state index contributed by atoms with van der Waals surface area (Å²) in [5.74, 6) is 0.275. The first-order valence-electron chi connectivity index (χ1n) is 9.28. The zero-order chi connectivity index (χ0) is 19.5. The molecule has 6 heteroatoms. The number of carbonyl (C=O) groups is 1. The Morgan fingerprint density at radius 3 is 2.61 bits per heavy atom. The predicted octanol–water partition coefficient (Wildman–Crippen LogP) is 3.66. The molecule has 6 nitrogen and oxygen atoms in total. The molecule has 0 saturated carbocycles. The zero-order valence-corrected chi connectivity index (χ0v) is 15.9. The second-order valence-corrected chi connectivity index (χ2v) is 6.88. The number of fused-ring (bicyclic) bond motifs is 1. The van der Waals surface area contributed by atoms with Crippen molar-refractivity contribution in [3.8, 4) is 0 Å². The number of carbonyl (C=O) groups excluding carboxylic acids is 1. The molecule has 1 aliphatic heterocycles. The number of rotatable bonds is 5. The molecule has 0 amide bonds. The number of nitrogens with zero attached hydrogens (tertiary/aromatic N) is 3. The van der Waals surface area contributed by atoms with Gasteiger partial charge in [0.05, 0.1) is 12.2 Å². The standard InChI is InChI=1S/C22H22N4O2/c1-15-8-10-18(11-9-15)20-19(16(2)25-22-23-14-24-26(20)22)21(27)28-13-12-17-6-4-3-5-7-17/h3-11,14,20H,12-13H2,1-2H3,(H,23,24,25). The predicted molar refractivity (Wildman–Crippen MR) is 107 cm³/mol.